The van der Waals surface area contributed by atoms with Gasteiger partial charge in [-0.15, -0.1) is 0 Å². The minimum atomic E-state index is -4.82. The molecule has 1 unspecified atom stereocenters. The van der Waals surface area contributed by atoms with Gasteiger partial charge in [0.15, 0.2) is 6.29 Å². The first-order chi connectivity index (χ1) is 25.5. The molecule has 0 radical (unpaired) electrons. The number of hydrogen-bond donors (Lipinski definition) is 8. The molecule has 0 aromatic heterocycles. The monoisotopic (exact) mass is 797 g/mol. The Morgan fingerprint density at radius 3 is 1.85 bits per heavy atom. The molecule has 19 heteroatoms. The molecule has 1 aliphatic heterocycles. The third-order valence-electron chi connectivity index (χ3n) is 8.96. The number of aliphatic hydroxyl groups excluding tert-OH is 2. The van der Waals surface area contributed by atoms with E-state index in [2.05, 4.69) is 22.9 Å². The summed E-state index contributed by atoms with van der Waals surface area (Å²) in [5.41, 5.74) is 0. The summed E-state index contributed by atoms with van der Waals surface area (Å²) in [6, 6.07) is -4.35. The van der Waals surface area contributed by atoms with Crippen LogP contribution in [-0.2, 0) is 47.1 Å². The van der Waals surface area contributed by atoms with Gasteiger partial charge in [0.1, 0.15) is 42.5 Å². The lowest BCUT2D eigenvalue weighted by atomic mass is 9.96. The zero-order valence-electron chi connectivity index (χ0n) is 32.1. The van der Waals surface area contributed by atoms with Crippen molar-refractivity contribution in [2.24, 2.45) is 0 Å². The van der Waals surface area contributed by atoms with Gasteiger partial charge in [-0.3, -0.25) is 28.2 Å². The smallest absolute Gasteiger partial charge is 0.474 e. The van der Waals surface area contributed by atoms with E-state index < -0.39 is 106 Å². The Balaban J connectivity index is 2.71. The fraction of sp³-hybridized carbons (Fsp3) is 0.857. The summed E-state index contributed by atoms with van der Waals surface area (Å²) in [5.74, 6) is -5.27. The highest BCUT2D eigenvalue weighted by molar-refractivity contribution is 7.47. The first-order valence-electron chi connectivity index (χ1n) is 19.1. The number of amides is 3. The summed E-state index contributed by atoms with van der Waals surface area (Å²) in [4.78, 5) is 70.5. The number of carbonyl (C=O) groups is 5. The summed E-state index contributed by atoms with van der Waals surface area (Å²) in [5, 5.41) is 45.8. The molecule has 1 aliphatic rings. The minimum absolute atomic E-state index is 0.106. The molecule has 0 aliphatic carbocycles. The Hall–Kier alpha value is -2.70. The SMILES string of the molecule is CCCCCCCCCCCCCCCCOP(=O)(O)O[C@H]1O[C@H](CO)[C@@H](O)[C@H](O[C@H](C)C(=O)N[C@@H](C)C(=O)N[C@H](CCC(=O)O)C(=O)O)[C@H]1NC(C)=O. The molecule has 1 fully saturated rings. The second-order valence-corrected chi connectivity index (χ2v) is 15.2. The third kappa shape index (κ3) is 20.3. The minimum Gasteiger partial charge on any atom is -0.481 e. The molecule has 18 nitrogen and oxygen atoms in total. The Morgan fingerprint density at radius 2 is 1.37 bits per heavy atom. The van der Waals surface area contributed by atoms with Crippen molar-refractivity contribution < 1.29 is 72.4 Å². The number of phosphoric acid groups is 1. The van der Waals surface area contributed by atoms with Crippen molar-refractivity contribution in [2.45, 2.75) is 179 Å². The summed E-state index contributed by atoms with van der Waals surface area (Å²) in [6.07, 6.45) is 6.95. The third-order valence-corrected chi connectivity index (χ3v) is 9.94. The number of hydrogen-bond acceptors (Lipinski definition) is 12. The van der Waals surface area contributed by atoms with Crippen molar-refractivity contribution in [3.05, 3.63) is 0 Å². The van der Waals surface area contributed by atoms with Gasteiger partial charge in [-0.25, -0.2) is 9.36 Å². The summed E-state index contributed by atoms with van der Waals surface area (Å²) >= 11 is 0. The van der Waals surface area contributed by atoms with E-state index in [9.17, 15) is 48.8 Å². The van der Waals surface area contributed by atoms with Crippen LogP contribution >= 0.6 is 7.82 Å². The lowest BCUT2D eigenvalue weighted by Gasteiger charge is -2.44. The zero-order valence-corrected chi connectivity index (χ0v) is 33.0. The van der Waals surface area contributed by atoms with Crippen LogP contribution in [0.4, 0.5) is 0 Å². The number of nitrogens with one attached hydrogen (secondary N) is 3. The van der Waals surface area contributed by atoms with Crippen LogP contribution in [0.2, 0.25) is 0 Å². The van der Waals surface area contributed by atoms with Crippen LogP contribution in [0.1, 0.15) is 130 Å². The van der Waals surface area contributed by atoms with Crippen LogP contribution in [0.5, 0.6) is 0 Å². The summed E-state index contributed by atoms with van der Waals surface area (Å²) in [6.45, 7) is 4.88. The normalized spacial score (nSPS) is 22.7. The molecule has 1 rings (SSSR count). The second-order valence-electron chi connectivity index (χ2n) is 13.8. The number of aliphatic carboxylic acids is 2. The Kier molecular flexibility index (Phi) is 24.7. The topological polar surface area (TPSA) is 277 Å². The molecule has 0 spiro atoms. The van der Waals surface area contributed by atoms with E-state index in [-0.39, 0.29) is 6.61 Å². The lowest BCUT2D eigenvalue weighted by molar-refractivity contribution is -0.261. The molecule has 0 aromatic carbocycles. The van der Waals surface area contributed by atoms with Gasteiger partial charge in [0.25, 0.3) is 0 Å². The van der Waals surface area contributed by atoms with Crippen LogP contribution in [0.25, 0.3) is 0 Å². The van der Waals surface area contributed by atoms with Crippen molar-refractivity contribution in [1.82, 2.24) is 16.0 Å². The van der Waals surface area contributed by atoms with E-state index in [4.69, 9.17) is 23.6 Å². The van der Waals surface area contributed by atoms with Crippen molar-refractivity contribution in [2.75, 3.05) is 13.2 Å². The number of aliphatic hydroxyl groups is 2. The molecule has 9 atom stereocenters. The number of carboxylic acid groups (broad SMARTS) is 2. The molecular weight excluding hydrogens is 733 g/mol. The summed E-state index contributed by atoms with van der Waals surface area (Å²) < 4.78 is 34.6. The van der Waals surface area contributed by atoms with Crippen molar-refractivity contribution in [1.29, 1.82) is 0 Å². The van der Waals surface area contributed by atoms with Crippen molar-refractivity contribution in [3.63, 3.8) is 0 Å². The largest absolute Gasteiger partial charge is 0.481 e. The molecule has 1 saturated heterocycles. The highest BCUT2D eigenvalue weighted by atomic mass is 31.2. The molecule has 314 valence electrons. The number of ether oxygens (including phenoxy) is 2. The van der Waals surface area contributed by atoms with E-state index in [0.29, 0.717) is 6.42 Å². The predicted molar refractivity (Wildman–Crippen MR) is 195 cm³/mol. The second kappa shape index (κ2) is 27.0. The highest BCUT2D eigenvalue weighted by Gasteiger charge is 2.50. The van der Waals surface area contributed by atoms with Crippen LogP contribution in [0.15, 0.2) is 0 Å². The maximum absolute atomic E-state index is 13.0. The van der Waals surface area contributed by atoms with Gasteiger partial charge >= 0.3 is 19.8 Å². The maximum atomic E-state index is 13.0. The van der Waals surface area contributed by atoms with Crippen LogP contribution in [0.3, 0.4) is 0 Å². The van der Waals surface area contributed by atoms with Gasteiger partial charge in [-0.1, -0.05) is 90.4 Å². The molecule has 0 saturated carbocycles. The van der Waals surface area contributed by atoms with Crippen molar-refractivity contribution in [3.8, 4) is 0 Å². The molecule has 0 aromatic rings. The first-order valence-corrected chi connectivity index (χ1v) is 20.6. The molecule has 1 heterocycles. The molecule has 0 bridgehead atoms. The fourth-order valence-corrected chi connectivity index (χ4v) is 6.73. The Labute approximate surface area is 318 Å². The number of rotatable bonds is 30. The molecule has 54 heavy (non-hydrogen) atoms. The fourth-order valence-electron chi connectivity index (χ4n) is 5.86. The number of phosphoric ester groups is 1. The van der Waals surface area contributed by atoms with E-state index in [1.807, 2.05) is 0 Å². The van der Waals surface area contributed by atoms with Crippen LogP contribution in [-0.4, -0.2) is 117 Å². The van der Waals surface area contributed by atoms with Crippen LogP contribution < -0.4 is 16.0 Å². The number of carboxylic acids is 2. The number of unbranched alkanes of at least 4 members (excludes halogenated alkanes) is 13. The predicted octanol–water partition coefficient (Wildman–Crippen LogP) is 2.90. The van der Waals surface area contributed by atoms with Gasteiger partial charge in [0.05, 0.1) is 13.2 Å². The van der Waals surface area contributed by atoms with Gasteiger partial charge < -0.3 is 50.7 Å². The van der Waals surface area contributed by atoms with E-state index >= 15 is 0 Å². The van der Waals surface area contributed by atoms with Gasteiger partial charge in [-0.2, -0.15) is 0 Å². The van der Waals surface area contributed by atoms with E-state index in [1.54, 1.807) is 0 Å². The molecule has 3 amide bonds. The van der Waals surface area contributed by atoms with Crippen LogP contribution in [0, 0.1) is 0 Å². The maximum Gasteiger partial charge on any atom is 0.474 e. The molecular formula is C35H64N3O15P. The van der Waals surface area contributed by atoms with Gasteiger partial charge in [0.2, 0.25) is 17.7 Å². The summed E-state index contributed by atoms with van der Waals surface area (Å²) in [7, 11) is -4.82. The van der Waals surface area contributed by atoms with Gasteiger partial charge in [-0.05, 0) is 26.7 Å². The Morgan fingerprint density at radius 1 is 0.833 bits per heavy atom. The molecule has 8 N–H and O–H groups in total. The van der Waals surface area contributed by atoms with E-state index in [0.717, 1.165) is 32.6 Å². The highest BCUT2D eigenvalue weighted by Crippen LogP contribution is 2.47. The van der Waals surface area contributed by atoms with Crippen molar-refractivity contribution >= 4 is 37.5 Å². The first kappa shape index (κ1) is 49.3. The standard InChI is InChI=1S/C35H64N3O15P/c1-5-6-7-8-9-10-11-12-13-14-15-16-17-18-21-50-54(48,49)53-35-29(37-25(4)40)31(30(43)27(22-39)52-35)51-24(3)33(45)36-23(2)32(44)38-26(34(46)47)19-20-28(41)42/h23-24,26-27,29-31,35,39,43H,5-22H2,1-4H3,(H,36,45)(H,37,40)(H,38,44)(H,41,42)(H,46,47)(H,48,49)/t23-,24+,26+,27+,29+,30+,31+,35+/m0/s1. The lowest BCUT2D eigenvalue weighted by Crippen LogP contribution is -2.66. The zero-order chi connectivity index (χ0) is 40.7. The van der Waals surface area contributed by atoms with E-state index in [1.165, 1.54) is 71.6 Å². The van der Waals surface area contributed by atoms with Gasteiger partial charge in [0, 0.05) is 13.3 Å². The Bertz CT molecular complexity index is 1190. The quantitative estimate of drug-likeness (QED) is 0.0383. The average Bonchev–Trinajstić information content (AvgIpc) is 3.10. The number of carbonyl (C=O) groups excluding carboxylic acids is 3. The average molecular weight is 798 g/mol.